The minimum Gasteiger partial charge on any atom is -0.411 e. The summed E-state index contributed by atoms with van der Waals surface area (Å²) < 4.78 is 5.73. The molecular formula is C21H22N2O2S. The third-order valence-corrected chi connectivity index (χ3v) is 5.39. The van der Waals surface area contributed by atoms with Crippen LogP contribution in [0.4, 0.5) is 0 Å². The Morgan fingerprint density at radius 1 is 0.962 bits per heavy atom. The molecule has 0 radical (unpaired) electrons. The van der Waals surface area contributed by atoms with E-state index in [2.05, 4.69) is 23.2 Å². The van der Waals surface area contributed by atoms with Gasteiger partial charge >= 0.3 is 0 Å². The summed E-state index contributed by atoms with van der Waals surface area (Å²) in [5, 5.41) is 8.28. The van der Waals surface area contributed by atoms with Gasteiger partial charge in [0.15, 0.2) is 5.78 Å². The molecule has 0 saturated heterocycles. The van der Waals surface area contributed by atoms with E-state index in [0.29, 0.717) is 11.1 Å². The predicted molar refractivity (Wildman–Crippen MR) is 105 cm³/mol. The van der Waals surface area contributed by atoms with Crippen LogP contribution in [-0.2, 0) is 0 Å². The molecule has 1 heterocycles. The first-order chi connectivity index (χ1) is 12.3. The molecule has 0 N–H and O–H groups in total. The van der Waals surface area contributed by atoms with E-state index >= 15 is 0 Å². The van der Waals surface area contributed by atoms with Crippen molar-refractivity contribution >= 4 is 17.5 Å². The van der Waals surface area contributed by atoms with Crippen LogP contribution in [-0.4, -0.2) is 21.2 Å². The molecule has 0 fully saturated rings. The monoisotopic (exact) mass is 366 g/mol. The van der Waals surface area contributed by atoms with Crippen molar-refractivity contribution in [1.82, 2.24) is 10.2 Å². The second-order valence-electron chi connectivity index (χ2n) is 6.61. The lowest BCUT2D eigenvalue weighted by Crippen LogP contribution is -2.15. The average Bonchev–Trinajstić information content (AvgIpc) is 3.06. The zero-order valence-corrected chi connectivity index (χ0v) is 16.5. The highest BCUT2D eigenvalue weighted by Gasteiger charge is 2.22. The molecule has 0 saturated carbocycles. The highest BCUT2D eigenvalue weighted by Crippen LogP contribution is 2.29. The van der Waals surface area contributed by atoms with Gasteiger partial charge in [0, 0.05) is 11.1 Å². The number of nitrogens with zero attached hydrogens (tertiary/aromatic N) is 2. The van der Waals surface area contributed by atoms with Crippen molar-refractivity contribution in [3.05, 3.63) is 64.2 Å². The molecule has 134 valence electrons. The Morgan fingerprint density at radius 2 is 1.62 bits per heavy atom. The van der Waals surface area contributed by atoms with E-state index in [9.17, 15) is 4.79 Å². The van der Waals surface area contributed by atoms with Crippen LogP contribution in [0.2, 0.25) is 0 Å². The van der Waals surface area contributed by atoms with E-state index < -0.39 is 0 Å². The van der Waals surface area contributed by atoms with Crippen molar-refractivity contribution in [3.63, 3.8) is 0 Å². The van der Waals surface area contributed by atoms with Gasteiger partial charge in [0.25, 0.3) is 5.22 Å². The molecule has 5 heteroatoms. The lowest BCUT2D eigenvalue weighted by molar-refractivity contribution is 0.0993. The molecule has 0 spiro atoms. The minimum atomic E-state index is -0.304. The normalized spacial score (nSPS) is 12.2. The molecule has 3 rings (SSSR count). The molecule has 3 aromatic rings. The zero-order chi connectivity index (χ0) is 18.8. The van der Waals surface area contributed by atoms with Gasteiger partial charge in [-0.15, -0.1) is 10.2 Å². The van der Waals surface area contributed by atoms with Crippen LogP contribution in [0.25, 0.3) is 11.5 Å². The van der Waals surface area contributed by atoms with Crippen LogP contribution in [0.3, 0.4) is 0 Å². The van der Waals surface area contributed by atoms with Gasteiger partial charge < -0.3 is 4.42 Å². The van der Waals surface area contributed by atoms with E-state index in [1.807, 2.05) is 58.0 Å². The predicted octanol–water partition coefficient (Wildman–Crippen LogP) is 5.33. The fraction of sp³-hybridized carbons (Fsp3) is 0.286. The third-order valence-electron chi connectivity index (χ3n) is 4.46. The van der Waals surface area contributed by atoms with Crippen LogP contribution < -0.4 is 0 Å². The summed E-state index contributed by atoms with van der Waals surface area (Å²) in [6.07, 6.45) is 0. The Labute approximate surface area is 158 Å². The number of aryl methyl sites for hydroxylation is 4. The number of carbonyl (C=O) groups is 1. The molecule has 0 aliphatic heterocycles. The summed E-state index contributed by atoms with van der Waals surface area (Å²) in [5.41, 5.74) is 6.11. The smallest absolute Gasteiger partial charge is 0.277 e. The van der Waals surface area contributed by atoms with E-state index in [-0.39, 0.29) is 11.0 Å². The number of benzene rings is 2. The lowest BCUT2D eigenvalue weighted by Gasteiger charge is -2.12. The molecule has 0 bridgehead atoms. The first-order valence-corrected chi connectivity index (χ1v) is 9.42. The standard InChI is InChI=1S/C21H22N2O2S/c1-12-6-8-17(9-7-12)20-22-23-21(25-20)26-16(5)19(24)18-11-14(3)13(2)10-15(18)4/h6-11,16H,1-5H3/t16-/m0/s1. The second-order valence-corrected chi connectivity index (χ2v) is 7.91. The second kappa shape index (κ2) is 7.46. The van der Waals surface area contributed by atoms with Crippen LogP contribution in [0.15, 0.2) is 46.0 Å². The van der Waals surface area contributed by atoms with Gasteiger partial charge in [-0.1, -0.05) is 35.5 Å². The summed E-state index contributed by atoms with van der Waals surface area (Å²) in [5.74, 6) is 0.542. The van der Waals surface area contributed by atoms with Crippen molar-refractivity contribution < 1.29 is 9.21 Å². The molecule has 26 heavy (non-hydrogen) atoms. The van der Waals surface area contributed by atoms with Gasteiger partial charge in [-0.25, -0.2) is 0 Å². The topological polar surface area (TPSA) is 56.0 Å². The molecule has 0 amide bonds. The van der Waals surface area contributed by atoms with Gasteiger partial charge in [-0.3, -0.25) is 4.79 Å². The van der Waals surface area contributed by atoms with Gasteiger partial charge in [0.05, 0.1) is 5.25 Å². The highest BCUT2D eigenvalue weighted by molar-refractivity contribution is 8.00. The first-order valence-electron chi connectivity index (χ1n) is 8.54. The summed E-state index contributed by atoms with van der Waals surface area (Å²) in [7, 11) is 0. The summed E-state index contributed by atoms with van der Waals surface area (Å²) in [4.78, 5) is 12.8. The van der Waals surface area contributed by atoms with Gasteiger partial charge in [-0.2, -0.15) is 0 Å². The highest BCUT2D eigenvalue weighted by atomic mass is 32.2. The molecule has 0 unspecified atom stereocenters. The molecule has 0 aliphatic rings. The van der Waals surface area contributed by atoms with E-state index in [4.69, 9.17) is 4.42 Å². The summed E-state index contributed by atoms with van der Waals surface area (Å²) in [6, 6.07) is 11.9. The van der Waals surface area contributed by atoms with Crippen LogP contribution in [0.1, 0.15) is 39.5 Å². The third kappa shape index (κ3) is 3.88. The molecule has 1 atom stereocenters. The number of aromatic nitrogens is 2. The van der Waals surface area contributed by atoms with E-state index in [1.54, 1.807) is 0 Å². The van der Waals surface area contributed by atoms with Crippen molar-refractivity contribution in [2.75, 3.05) is 0 Å². The number of rotatable bonds is 5. The Kier molecular flexibility index (Phi) is 5.28. The fourth-order valence-electron chi connectivity index (χ4n) is 2.72. The number of hydrogen-bond acceptors (Lipinski definition) is 5. The Hall–Kier alpha value is -2.40. The Balaban J connectivity index is 1.76. The average molecular weight is 366 g/mol. The maximum atomic E-state index is 12.8. The summed E-state index contributed by atoms with van der Waals surface area (Å²) in [6.45, 7) is 9.95. The zero-order valence-electron chi connectivity index (χ0n) is 15.7. The SMILES string of the molecule is Cc1ccc(-c2nnc(S[C@@H](C)C(=O)c3cc(C)c(C)cc3C)o2)cc1. The fourth-order valence-corrected chi connectivity index (χ4v) is 3.47. The first kappa shape index (κ1) is 18.4. The quantitative estimate of drug-likeness (QED) is 0.451. The maximum absolute atomic E-state index is 12.8. The van der Waals surface area contributed by atoms with Gasteiger partial charge in [0.1, 0.15) is 0 Å². The van der Waals surface area contributed by atoms with Crippen molar-refractivity contribution in [3.8, 4) is 11.5 Å². The number of ketones is 1. The number of thioether (sulfide) groups is 1. The molecular weight excluding hydrogens is 344 g/mol. The largest absolute Gasteiger partial charge is 0.411 e. The van der Waals surface area contributed by atoms with Crippen LogP contribution in [0, 0.1) is 27.7 Å². The van der Waals surface area contributed by atoms with E-state index in [1.165, 1.54) is 22.9 Å². The van der Waals surface area contributed by atoms with Crippen LogP contribution in [0.5, 0.6) is 0 Å². The molecule has 1 aromatic heterocycles. The van der Waals surface area contributed by atoms with Crippen molar-refractivity contribution in [1.29, 1.82) is 0 Å². The lowest BCUT2D eigenvalue weighted by atomic mass is 9.97. The van der Waals surface area contributed by atoms with Crippen molar-refractivity contribution in [2.24, 2.45) is 0 Å². The van der Waals surface area contributed by atoms with Crippen molar-refractivity contribution in [2.45, 2.75) is 45.1 Å². The van der Waals surface area contributed by atoms with Crippen LogP contribution >= 0.6 is 11.8 Å². The van der Waals surface area contributed by atoms with Gasteiger partial charge in [0.2, 0.25) is 5.89 Å². The Bertz CT molecular complexity index is 945. The molecule has 0 aliphatic carbocycles. The summed E-state index contributed by atoms with van der Waals surface area (Å²) >= 11 is 1.29. The maximum Gasteiger partial charge on any atom is 0.277 e. The number of Topliss-reactive ketones (excluding diaryl/α,β-unsaturated/α-hetero) is 1. The number of hydrogen-bond donors (Lipinski definition) is 0. The Morgan fingerprint density at radius 3 is 2.31 bits per heavy atom. The minimum absolute atomic E-state index is 0.0747. The molecule has 2 aromatic carbocycles. The van der Waals surface area contributed by atoms with Gasteiger partial charge in [-0.05, 0) is 69.5 Å². The number of carbonyl (C=O) groups excluding carboxylic acids is 1. The van der Waals surface area contributed by atoms with E-state index in [0.717, 1.165) is 22.3 Å². The molecule has 4 nitrogen and oxygen atoms in total.